The molecule has 4 rings (SSSR count). The number of amides is 2. The Morgan fingerprint density at radius 2 is 1.59 bits per heavy atom. The highest BCUT2D eigenvalue weighted by molar-refractivity contribution is 5.97. The standard InChI is InChI=1S/C30H32N4O3/c1-7-25(29(36)33-27-19(4)14-18(3)15-20(27)5)34-26-11-9-8-10-24(26)32-28(30(34)37)22-16-17(2)12-13-23(22)31-21(6)35/h8-16,25H,7H2,1-6H3,(H,31,35)(H,33,36). The van der Waals surface area contributed by atoms with E-state index >= 15 is 0 Å². The number of carbonyl (C=O) groups excluding carboxylic acids is 2. The minimum atomic E-state index is -0.770. The number of anilines is 2. The van der Waals surface area contributed by atoms with E-state index in [4.69, 9.17) is 4.98 Å². The molecule has 2 amide bonds. The quantitative estimate of drug-likeness (QED) is 0.350. The molecule has 0 spiro atoms. The van der Waals surface area contributed by atoms with Gasteiger partial charge < -0.3 is 10.6 Å². The van der Waals surface area contributed by atoms with Gasteiger partial charge in [-0.05, 0) is 69.5 Å². The van der Waals surface area contributed by atoms with Crippen molar-refractivity contribution >= 4 is 34.2 Å². The molecule has 3 aromatic carbocycles. The molecule has 2 N–H and O–H groups in total. The van der Waals surface area contributed by atoms with Gasteiger partial charge in [0.15, 0.2) is 0 Å². The van der Waals surface area contributed by atoms with Gasteiger partial charge >= 0.3 is 0 Å². The molecule has 0 aliphatic heterocycles. The number of para-hydroxylation sites is 2. The Bertz CT molecular complexity index is 1560. The molecule has 0 saturated carbocycles. The average molecular weight is 497 g/mol. The van der Waals surface area contributed by atoms with Gasteiger partial charge in [-0.25, -0.2) is 4.98 Å². The van der Waals surface area contributed by atoms with Crippen LogP contribution in [0.25, 0.3) is 22.3 Å². The third-order valence-corrected chi connectivity index (χ3v) is 6.46. The van der Waals surface area contributed by atoms with Crippen LogP contribution >= 0.6 is 0 Å². The third-order valence-electron chi connectivity index (χ3n) is 6.46. The molecule has 0 saturated heterocycles. The average Bonchev–Trinajstić information content (AvgIpc) is 2.83. The van der Waals surface area contributed by atoms with Crippen molar-refractivity contribution in [3.8, 4) is 11.3 Å². The second-order valence-electron chi connectivity index (χ2n) is 9.54. The Balaban J connectivity index is 1.92. The SMILES string of the molecule is CCC(C(=O)Nc1c(C)cc(C)cc1C)n1c(=O)c(-c2cc(C)ccc2NC(C)=O)nc2ccccc21. The van der Waals surface area contributed by atoms with Gasteiger partial charge in [0.25, 0.3) is 5.56 Å². The molecule has 1 unspecified atom stereocenters. The fourth-order valence-electron chi connectivity index (χ4n) is 4.86. The fraction of sp³-hybridized carbons (Fsp3) is 0.267. The lowest BCUT2D eigenvalue weighted by atomic mass is 10.0. The maximum atomic E-state index is 14.1. The molecule has 0 aliphatic carbocycles. The van der Waals surface area contributed by atoms with Crippen LogP contribution in [-0.4, -0.2) is 21.4 Å². The summed E-state index contributed by atoms with van der Waals surface area (Å²) in [5.74, 6) is -0.519. The van der Waals surface area contributed by atoms with Crippen molar-refractivity contribution in [3.63, 3.8) is 0 Å². The number of hydrogen-bond donors (Lipinski definition) is 2. The second-order valence-corrected chi connectivity index (χ2v) is 9.54. The van der Waals surface area contributed by atoms with Crippen LogP contribution in [0.2, 0.25) is 0 Å². The summed E-state index contributed by atoms with van der Waals surface area (Å²) in [6.07, 6.45) is 0.398. The lowest BCUT2D eigenvalue weighted by molar-refractivity contribution is -0.119. The monoisotopic (exact) mass is 496 g/mol. The molecule has 0 aliphatic rings. The van der Waals surface area contributed by atoms with Gasteiger partial charge in [0.2, 0.25) is 11.8 Å². The van der Waals surface area contributed by atoms with E-state index in [2.05, 4.69) is 10.6 Å². The first kappa shape index (κ1) is 25.8. The van der Waals surface area contributed by atoms with Crippen molar-refractivity contribution in [2.24, 2.45) is 0 Å². The van der Waals surface area contributed by atoms with Gasteiger partial charge in [-0.3, -0.25) is 19.0 Å². The summed E-state index contributed by atoms with van der Waals surface area (Å²) in [7, 11) is 0. The molecule has 1 heterocycles. The molecular weight excluding hydrogens is 464 g/mol. The van der Waals surface area contributed by atoms with E-state index in [0.717, 1.165) is 27.9 Å². The summed E-state index contributed by atoms with van der Waals surface area (Å²) in [5.41, 5.74) is 6.68. The number of nitrogens with zero attached hydrogens (tertiary/aromatic N) is 2. The van der Waals surface area contributed by atoms with Crippen molar-refractivity contribution in [2.45, 2.75) is 54.0 Å². The number of aryl methyl sites for hydroxylation is 4. The number of carbonyl (C=O) groups is 2. The summed E-state index contributed by atoms with van der Waals surface area (Å²) in [6.45, 7) is 11.2. The summed E-state index contributed by atoms with van der Waals surface area (Å²) < 4.78 is 1.53. The van der Waals surface area contributed by atoms with Crippen LogP contribution in [0.5, 0.6) is 0 Å². The number of benzene rings is 3. The van der Waals surface area contributed by atoms with Gasteiger partial charge in [0, 0.05) is 18.2 Å². The van der Waals surface area contributed by atoms with Gasteiger partial charge in [0.05, 0.1) is 16.7 Å². The molecule has 1 aromatic heterocycles. The number of fused-ring (bicyclic) bond motifs is 1. The molecule has 4 aromatic rings. The molecule has 0 bridgehead atoms. The normalized spacial score (nSPS) is 11.8. The molecule has 190 valence electrons. The van der Waals surface area contributed by atoms with Crippen LogP contribution in [0.1, 0.15) is 48.6 Å². The summed E-state index contributed by atoms with van der Waals surface area (Å²) in [4.78, 5) is 44.3. The van der Waals surface area contributed by atoms with Crippen LogP contribution in [-0.2, 0) is 9.59 Å². The van der Waals surface area contributed by atoms with E-state index in [-0.39, 0.29) is 17.5 Å². The molecule has 7 nitrogen and oxygen atoms in total. The van der Waals surface area contributed by atoms with Crippen LogP contribution < -0.4 is 16.2 Å². The Kier molecular flexibility index (Phi) is 7.25. The molecule has 0 fully saturated rings. The van der Waals surface area contributed by atoms with Crippen molar-refractivity contribution in [3.05, 3.63) is 87.2 Å². The first-order valence-electron chi connectivity index (χ1n) is 12.4. The minimum absolute atomic E-state index is 0.181. The van der Waals surface area contributed by atoms with E-state index in [1.807, 2.05) is 77.1 Å². The van der Waals surface area contributed by atoms with Crippen LogP contribution in [0.4, 0.5) is 11.4 Å². The maximum Gasteiger partial charge on any atom is 0.278 e. The second kappa shape index (κ2) is 10.4. The predicted octanol–water partition coefficient (Wildman–Crippen LogP) is 5.85. The predicted molar refractivity (Wildman–Crippen MR) is 149 cm³/mol. The number of nitrogens with one attached hydrogen (secondary N) is 2. The first-order chi connectivity index (χ1) is 17.6. The Morgan fingerprint density at radius 1 is 0.919 bits per heavy atom. The van der Waals surface area contributed by atoms with Crippen LogP contribution in [0.3, 0.4) is 0 Å². The highest BCUT2D eigenvalue weighted by Gasteiger charge is 2.26. The van der Waals surface area contributed by atoms with Crippen LogP contribution in [0, 0.1) is 27.7 Å². The van der Waals surface area contributed by atoms with E-state index in [0.29, 0.717) is 28.7 Å². The minimum Gasteiger partial charge on any atom is -0.326 e. The first-order valence-corrected chi connectivity index (χ1v) is 12.4. The topological polar surface area (TPSA) is 93.1 Å². The van der Waals surface area contributed by atoms with Gasteiger partial charge in [-0.15, -0.1) is 0 Å². The number of aromatic nitrogens is 2. The molecule has 1 atom stereocenters. The van der Waals surface area contributed by atoms with Crippen LogP contribution in [0.15, 0.2) is 59.4 Å². The van der Waals surface area contributed by atoms with Crippen molar-refractivity contribution in [2.75, 3.05) is 10.6 Å². The van der Waals surface area contributed by atoms with E-state index in [9.17, 15) is 14.4 Å². The van der Waals surface area contributed by atoms with Gasteiger partial charge in [-0.1, -0.05) is 48.4 Å². The van der Waals surface area contributed by atoms with Gasteiger partial charge in [0.1, 0.15) is 11.7 Å². The van der Waals surface area contributed by atoms with Crippen molar-refractivity contribution < 1.29 is 9.59 Å². The van der Waals surface area contributed by atoms with Gasteiger partial charge in [-0.2, -0.15) is 0 Å². The summed E-state index contributed by atoms with van der Waals surface area (Å²) in [5, 5.41) is 5.88. The van der Waals surface area contributed by atoms with E-state index in [1.165, 1.54) is 11.5 Å². The van der Waals surface area contributed by atoms with E-state index in [1.54, 1.807) is 12.1 Å². The van der Waals surface area contributed by atoms with E-state index < -0.39 is 11.6 Å². The molecule has 0 radical (unpaired) electrons. The lowest BCUT2D eigenvalue weighted by Crippen LogP contribution is -2.35. The largest absolute Gasteiger partial charge is 0.326 e. The Morgan fingerprint density at radius 3 is 2.24 bits per heavy atom. The zero-order valence-electron chi connectivity index (χ0n) is 22.1. The molecule has 7 heteroatoms. The smallest absolute Gasteiger partial charge is 0.278 e. The highest BCUT2D eigenvalue weighted by Crippen LogP contribution is 2.29. The number of rotatable bonds is 6. The van der Waals surface area contributed by atoms with Crippen molar-refractivity contribution in [1.29, 1.82) is 0 Å². The lowest BCUT2D eigenvalue weighted by Gasteiger charge is -2.23. The zero-order chi connectivity index (χ0) is 26.9. The summed E-state index contributed by atoms with van der Waals surface area (Å²) in [6, 6.07) is 16.0. The zero-order valence-corrected chi connectivity index (χ0v) is 22.1. The highest BCUT2D eigenvalue weighted by atomic mass is 16.2. The Hall–Kier alpha value is -4.26. The summed E-state index contributed by atoms with van der Waals surface area (Å²) >= 11 is 0. The Labute approximate surface area is 216 Å². The molecular formula is C30H32N4O3. The fourth-order valence-corrected chi connectivity index (χ4v) is 4.86. The maximum absolute atomic E-state index is 14.1. The number of hydrogen-bond acceptors (Lipinski definition) is 4. The third kappa shape index (κ3) is 5.16. The molecule has 37 heavy (non-hydrogen) atoms. The van der Waals surface area contributed by atoms with Crippen molar-refractivity contribution in [1.82, 2.24) is 9.55 Å².